The molecule has 0 saturated heterocycles. The van der Waals surface area contributed by atoms with Crippen molar-refractivity contribution in [3.8, 4) is 6.07 Å². The maximum Gasteiger partial charge on any atom is 0.274 e. The first-order valence-electron chi connectivity index (χ1n) is 18.5. The number of carbonyl (C=O) groups is 4. The maximum absolute atomic E-state index is 12.7. The Morgan fingerprint density at radius 2 is 1.08 bits per heavy atom. The fourth-order valence-electron chi connectivity index (χ4n) is 5.74. The van der Waals surface area contributed by atoms with E-state index in [9.17, 15) is 19.2 Å². The van der Waals surface area contributed by atoms with Crippen molar-refractivity contribution >= 4 is 108 Å². The summed E-state index contributed by atoms with van der Waals surface area (Å²) in [6, 6.07) is 30.3. The maximum atomic E-state index is 12.7. The number of aromatic amines is 2. The average Bonchev–Trinajstić information content (AvgIpc) is 4.01. The molecule has 0 radical (unpaired) electrons. The molecular weight excluding hydrogens is 953 g/mol. The van der Waals surface area contributed by atoms with Gasteiger partial charge in [0.1, 0.15) is 11.4 Å². The van der Waals surface area contributed by atoms with Gasteiger partial charge in [-0.2, -0.15) is 15.5 Å². The molecule has 0 atom stereocenters. The summed E-state index contributed by atoms with van der Waals surface area (Å²) in [7, 11) is 0. The predicted molar refractivity (Wildman–Crippen MR) is 243 cm³/mol. The van der Waals surface area contributed by atoms with Crippen LogP contribution in [0.15, 0.2) is 111 Å². The van der Waals surface area contributed by atoms with E-state index in [-0.39, 0.29) is 28.9 Å². The lowest BCUT2D eigenvalue weighted by atomic mass is 10.1. The van der Waals surface area contributed by atoms with Gasteiger partial charge in [-0.15, -0.1) is 0 Å². The smallest absolute Gasteiger partial charge is 0.274 e. The molecule has 0 aliphatic carbocycles. The number of rotatable bonds is 13. The molecule has 2 aromatic heterocycles. The number of carbonyl (C=O) groups excluding carboxylic acids is 4. The Hall–Kier alpha value is -6.32. The molecule has 0 spiro atoms. The quantitative estimate of drug-likeness (QED) is 0.0590. The van der Waals surface area contributed by atoms with E-state index in [4.69, 9.17) is 28.5 Å². The van der Waals surface area contributed by atoms with Crippen molar-refractivity contribution in [2.24, 2.45) is 4.99 Å². The Balaban J connectivity index is 0.000000205. The van der Waals surface area contributed by atoms with Gasteiger partial charge in [0.05, 0.1) is 48.6 Å². The minimum atomic E-state index is -0.442. The van der Waals surface area contributed by atoms with E-state index in [2.05, 4.69) is 89.9 Å². The van der Waals surface area contributed by atoms with Gasteiger partial charge in [-0.05, 0) is 104 Å². The molecule has 1 aliphatic heterocycles. The lowest BCUT2D eigenvalue weighted by molar-refractivity contribution is 0.101. The molecule has 0 saturated carbocycles. The summed E-state index contributed by atoms with van der Waals surface area (Å²) in [5, 5.41) is 36.6. The number of H-pyrrole nitrogens is 2. The first-order chi connectivity index (χ1) is 29.5. The van der Waals surface area contributed by atoms with Crippen molar-refractivity contribution in [1.29, 1.82) is 5.26 Å². The Morgan fingerprint density at radius 1 is 0.623 bits per heavy atom. The fourth-order valence-corrected chi connectivity index (χ4v) is 7.09. The zero-order valence-corrected chi connectivity index (χ0v) is 36.6. The standard InChI is InChI=1S/C22H20BrClN6O2.C20H15BrClN5O2/c23-18-19(29-30-20(18)28-21(31)15-3-1-2-4-16(15)24)22(32)27-14-8-5-13(6-9-14)7-10-17-25-11-12-26-17;21-16-17(20(29)24-13-9-7-12(8-10-13)4-3-11-23)26-27-18(16)25-19(28)14-5-1-2-6-15(14)22/h1-6,8-9H,7,10-12H2,(H,25,26)(H,27,32)(H2,28,29,30,31);1-2,5-10H,3-4H2,(H,24,29)(H2,25,26,27,28). The zero-order chi connectivity index (χ0) is 43.3. The van der Waals surface area contributed by atoms with Gasteiger partial charge in [0.15, 0.2) is 11.6 Å². The van der Waals surface area contributed by atoms with Gasteiger partial charge in [-0.25, -0.2) is 0 Å². The monoisotopic (exact) mass is 985 g/mol. The molecule has 7 rings (SSSR count). The number of amidine groups is 1. The molecule has 4 amide bonds. The molecule has 310 valence electrons. The summed E-state index contributed by atoms with van der Waals surface area (Å²) >= 11 is 18.7. The van der Waals surface area contributed by atoms with Crippen molar-refractivity contribution in [2.45, 2.75) is 25.7 Å². The van der Waals surface area contributed by atoms with Gasteiger partial charge < -0.3 is 26.6 Å². The number of hydrogen-bond donors (Lipinski definition) is 7. The van der Waals surface area contributed by atoms with E-state index in [0.717, 1.165) is 42.9 Å². The Morgan fingerprint density at radius 3 is 1.51 bits per heavy atom. The molecule has 4 aromatic carbocycles. The van der Waals surface area contributed by atoms with Crippen LogP contribution in [0.1, 0.15) is 65.7 Å². The third-order valence-corrected chi connectivity index (χ3v) is 11.1. The second-order valence-electron chi connectivity index (χ2n) is 13.1. The fraction of sp³-hybridized carbons (Fsp3) is 0.143. The third kappa shape index (κ3) is 11.9. The summed E-state index contributed by atoms with van der Waals surface area (Å²) in [5.41, 5.74) is 4.37. The van der Waals surface area contributed by atoms with Crippen LogP contribution in [0.25, 0.3) is 0 Å². The number of nitrogens with one attached hydrogen (secondary N) is 7. The summed E-state index contributed by atoms with van der Waals surface area (Å²) in [6.07, 6.45) is 2.84. The number of anilines is 4. The highest BCUT2D eigenvalue weighted by Gasteiger charge is 2.22. The van der Waals surface area contributed by atoms with Crippen LogP contribution in [0.4, 0.5) is 23.0 Å². The van der Waals surface area contributed by atoms with Crippen LogP contribution in [0.5, 0.6) is 0 Å². The minimum absolute atomic E-state index is 0.160. The third-order valence-electron chi connectivity index (χ3n) is 8.91. The van der Waals surface area contributed by atoms with Crippen LogP contribution in [-0.4, -0.2) is 62.9 Å². The van der Waals surface area contributed by atoms with Crippen molar-refractivity contribution < 1.29 is 19.2 Å². The van der Waals surface area contributed by atoms with Gasteiger partial charge in [-0.1, -0.05) is 71.7 Å². The van der Waals surface area contributed by atoms with E-state index in [0.29, 0.717) is 54.3 Å². The van der Waals surface area contributed by atoms with Gasteiger partial charge in [0, 0.05) is 30.8 Å². The topological polar surface area (TPSA) is 222 Å². The predicted octanol–water partition coefficient (Wildman–Crippen LogP) is 9.05. The number of halogens is 4. The molecule has 0 bridgehead atoms. The van der Waals surface area contributed by atoms with Crippen LogP contribution in [0.2, 0.25) is 10.0 Å². The molecular formula is C42H35Br2Cl2N11O4. The van der Waals surface area contributed by atoms with Crippen LogP contribution < -0.4 is 26.6 Å². The number of aliphatic imine (C=N–C) groups is 1. The highest BCUT2D eigenvalue weighted by atomic mass is 79.9. The SMILES string of the molecule is N#CCCc1ccc(NC(=O)c2[nH]nc(NC(=O)c3ccccc3Cl)c2Br)cc1.O=C(Nc1n[nH]c(C(=O)Nc2ccc(CCC3=NCCN3)cc2)c1Br)c1ccccc1Cl. The molecule has 6 aromatic rings. The molecule has 3 heterocycles. The summed E-state index contributed by atoms with van der Waals surface area (Å²) < 4.78 is 0.665. The van der Waals surface area contributed by atoms with Gasteiger partial charge >= 0.3 is 0 Å². The Bertz CT molecular complexity index is 2620. The number of nitrogens with zero attached hydrogens (tertiary/aromatic N) is 4. The number of nitriles is 1. The molecule has 0 fully saturated rings. The normalized spacial score (nSPS) is 11.6. The molecule has 19 heteroatoms. The van der Waals surface area contributed by atoms with Crippen molar-refractivity contribution in [1.82, 2.24) is 25.7 Å². The molecule has 0 unspecified atom stereocenters. The van der Waals surface area contributed by atoms with Crippen molar-refractivity contribution in [3.05, 3.63) is 150 Å². The first-order valence-corrected chi connectivity index (χ1v) is 20.9. The zero-order valence-electron chi connectivity index (χ0n) is 31.9. The lowest BCUT2D eigenvalue weighted by Crippen LogP contribution is -2.18. The van der Waals surface area contributed by atoms with E-state index >= 15 is 0 Å². The van der Waals surface area contributed by atoms with Crippen molar-refractivity contribution in [3.63, 3.8) is 0 Å². The average molecular weight is 989 g/mol. The highest BCUT2D eigenvalue weighted by Crippen LogP contribution is 2.28. The second kappa shape index (κ2) is 21.3. The summed E-state index contributed by atoms with van der Waals surface area (Å²) in [6.45, 7) is 1.75. The number of hydrogen-bond acceptors (Lipinski definition) is 9. The largest absolute Gasteiger partial charge is 0.372 e. The van der Waals surface area contributed by atoms with Crippen LogP contribution >= 0.6 is 55.1 Å². The van der Waals surface area contributed by atoms with Crippen LogP contribution in [0.3, 0.4) is 0 Å². The minimum Gasteiger partial charge on any atom is -0.372 e. The summed E-state index contributed by atoms with van der Waals surface area (Å²) in [5.74, 6) is -0.270. The Kier molecular flexibility index (Phi) is 15.4. The molecule has 61 heavy (non-hydrogen) atoms. The molecule has 1 aliphatic rings. The Labute approximate surface area is 376 Å². The van der Waals surface area contributed by atoms with E-state index < -0.39 is 17.7 Å². The molecule has 7 N–H and O–H groups in total. The van der Waals surface area contributed by atoms with Crippen LogP contribution in [0, 0.1) is 11.3 Å². The highest BCUT2D eigenvalue weighted by molar-refractivity contribution is 9.11. The van der Waals surface area contributed by atoms with E-state index in [1.807, 2.05) is 36.4 Å². The molecule has 15 nitrogen and oxygen atoms in total. The lowest BCUT2D eigenvalue weighted by Gasteiger charge is -2.07. The number of amides is 4. The number of aryl methyl sites for hydroxylation is 2. The second-order valence-corrected chi connectivity index (χ2v) is 15.5. The first kappa shape index (κ1) is 44.2. The van der Waals surface area contributed by atoms with Gasteiger partial charge in [0.2, 0.25) is 0 Å². The van der Waals surface area contributed by atoms with Crippen LogP contribution in [-0.2, 0) is 12.8 Å². The van der Waals surface area contributed by atoms with Crippen molar-refractivity contribution in [2.75, 3.05) is 34.4 Å². The van der Waals surface area contributed by atoms with E-state index in [1.165, 1.54) is 0 Å². The van der Waals surface area contributed by atoms with Gasteiger partial charge in [-0.3, -0.25) is 34.4 Å². The van der Waals surface area contributed by atoms with E-state index in [1.54, 1.807) is 60.7 Å². The van der Waals surface area contributed by atoms with Gasteiger partial charge in [0.25, 0.3) is 23.6 Å². The summed E-state index contributed by atoms with van der Waals surface area (Å²) in [4.78, 5) is 54.4. The number of benzene rings is 4. The number of aromatic nitrogens is 4.